The van der Waals surface area contributed by atoms with Crippen molar-refractivity contribution in [2.75, 3.05) is 0 Å². The van der Waals surface area contributed by atoms with E-state index in [4.69, 9.17) is 0 Å². The van der Waals surface area contributed by atoms with E-state index in [0.717, 1.165) is 26.6 Å². The Morgan fingerprint density at radius 2 is 1.64 bits per heavy atom. The van der Waals surface area contributed by atoms with Crippen LogP contribution in [0.4, 0.5) is 0 Å². The van der Waals surface area contributed by atoms with Gasteiger partial charge >= 0.3 is 0 Å². The number of ketones is 1. The molecule has 0 unspecified atom stereocenters. The second kappa shape index (κ2) is 7.66. The molecule has 1 saturated heterocycles. The Bertz CT molecular complexity index is 1360. The molecule has 5 rings (SSSR count). The monoisotopic (exact) mass is 459 g/mol. The van der Waals surface area contributed by atoms with E-state index in [0.29, 0.717) is 29.6 Å². The van der Waals surface area contributed by atoms with Gasteiger partial charge in [-0.1, -0.05) is 60.2 Å². The first-order chi connectivity index (χ1) is 15.7. The number of carbonyl (C=O) groups is 2. The van der Waals surface area contributed by atoms with Gasteiger partial charge in [-0.15, -0.1) is 0 Å². The summed E-state index contributed by atoms with van der Waals surface area (Å²) in [5, 5.41) is 0. The smallest absolute Gasteiger partial charge is 0.267 e. The van der Waals surface area contributed by atoms with E-state index in [2.05, 4.69) is 6.58 Å². The summed E-state index contributed by atoms with van der Waals surface area (Å²) < 4.78 is 28.6. The molecule has 6 heteroatoms. The molecule has 0 saturated carbocycles. The highest BCUT2D eigenvalue weighted by atomic mass is 32.2. The van der Waals surface area contributed by atoms with Crippen molar-refractivity contribution in [1.82, 2.24) is 4.31 Å². The number of carbonyl (C=O) groups excluding carboxylic acids is 2. The molecule has 168 valence electrons. The Morgan fingerprint density at radius 1 is 0.970 bits per heavy atom. The maximum absolute atomic E-state index is 13.8. The number of allylic oxidation sites excluding steroid dienone is 2. The summed E-state index contributed by atoms with van der Waals surface area (Å²) in [4.78, 5) is 26.7. The molecule has 1 aliphatic heterocycles. The minimum Gasteiger partial charge on any atom is -0.294 e. The Morgan fingerprint density at radius 3 is 2.30 bits per heavy atom. The molecular weight excluding hydrogens is 434 g/mol. The number of rotatable bonds is 3. The number of hydrogen-bond donors (Lipinski definition) is 0. The fraction of sp³-hybridized carbons (Fsp3) is 0.259. The predicted molar refractivity (Wildman–Crippen MR) is 127 cm³/mol. The highest BCUT2D eigenvalue weighted by Crippen LogP contribution is 2.51. The van der Waals surface area contributed by atoms with Crippen LogP contribution in [0, 0.1) is 12.8 Å². The van der Waals surface area contributed by atoms with E-state index in [9.17, 15) is 18.0 Å². The number of nitrogens with zero attached hydrogens (tertiary/aromatic N) is 1. The third-order valence-electron chi connectivity index (χ3n) is 7.05. The highest BCUT2D eigenvalue weighted by Gasteiger charge is 2.54. The SMILES string of the molecule is C=C1C(=O)N(S(=O)(=O)c2ccc(C)cc2)[C@@H]2C3=C(c4ccccc4)C(=O)CC3=C(C)CC[C@@H]12. The molecule has 0 radical (unpaired) electrons. The zero-order valence-electron chi connectivity index (χ0n) is 18.7. The summed E-state index contributed by atoms with van der Waals surface area (Å²) in [6.07, 6.45) is 1.54. The fourth-order valence-corrected chi connectivity index (χ4v) is 6.90. The van der Waals surface area contributed by atoms with Gasteiger partial charge in [0.25, 0.3) is 15.9 Å². The quantitative estimate of drug-likeness (QED) is 0.629. The van der Waals surface area contributed by atoms with E-state index >= 15 is 0 Å². The third-order valence-corrected chi connectivity index (χ3v) is 8.83. The molecule has 2 atom stereocenters. The van der Waals surface area contributed by atoms with Crippen molar-refractivity contribution in [2.24, 2.45) is 5.92 Å². The third kappa shape index (κ3) is 3.23. The lowest BCUT2D eigenvalue weighted by Crippen LogP contribution is -2.41. The topological polar surface area (TPSA) is 71.5 Å². The number of amides is 1. The Labute approximate surface area is 194 Å². The van der Waals surface area contributed by atoms with Gasteiger partial charge in [0.05, 0.1) is 10.9 Å². The van der Waals surface area contributed by atoms with Gasteiger partial charge in [-0.25, -0.2) is 12.7 Å². The summed E-state index contributed by atoms with van der Waals surface area (Å²) in [5.74, 6) is -0.989. The van der Waals surface area contributed by atoms with Crippen molar-refractivity contribution in [1.29, 1.82) is 0 Å². The molecule has 5 nitrogen and oxygen atoms in total. The largest absolute Gasteiger partial charge is 0.294 e. The predicted octanol–water partition coefficient (Wildman–Crippen LogP) is 4.60. The zero-order chi connectivity index (χ0) is 23.5. The van der Waals surface area contributed by atoms with Crippen LogP contribution in [-0.2, 0) is 19.6 Å². The molecule has 0 spiro atoms. The minimum atomic E-state index is -4.15. The van der Waals surface area contributed by atoms with Gasteiger partial charge in [0.1, 0.15) is 0 Å². The van der Waals surface area contributed by atoms with Gasteiger partial charge in [0, 0.05) is 23.5 Å². The molecule has 0 aromatic heterocycles. The van der Waals surface area contributed by atoms with Crippen molar-refractivity contribution in [3.63, 3.8) is 0 Å². The average Bonchev–Trinajstić information content (AvgIpc) is 3.22. The first-order valence-corrected chi connectivity index (χ1v) is 12.5. The van der Waals surface area contributed by atoms with Crippen molar-refractivity contribution in [2.45, 2.75) is 44.0 Å². The van der Waals surface area contributed by atoms with Gasteiger partial charge in [0.2, 0.25) is 0 Å². The zero-order valence-corrected chi connectivity index (χ0v) is 19.5. The van der Waals surface area contributed by atoms with Crippen LogP contribution in [-0.4, -0.2) is 30.5 Å². The lowest BCUT2D eigenvalue weighted by atomic mass is 9.86. The van der Waals surface area contributed by atoms with Gasteiger partial charge in [-0.2, -0.15) is 0 Å². The number of aryl methyl sites for hydroxylation is 1. The van der Waals surface area contributed by atoms with E-state index in [1.54, 1.807) is 12.1 Å². The molecular formula is C27H25NO4S. The second-order valence-corrected chi connectivity index (χ2v) is 10.9. The van der Waals surface area contributed by atoms with Crippen LogP contribution in [0.2, 0.25) is 0 Å². The van der Waals surface area contributed by atoms with Gasteiger partial charge in [0.15, 0.2) is 5.78 Å². The summed E-state index contributed by atoms with van der Waals surface area (Å²) in [6.45, 7) is 7.88. The molecule has 2 aliphatic carbocycles. The van der Waals surface area contributed by atoms with Crippen molar-refractivity contribution >= 4 is 27.3 Å². The first kappa shape index (κ1) is 21.6. The average molecular weight is 460 g/mol. The van der Waals surface area contributed by atoms with Crippen LogP contribution >= 0.6 is 0 Å². The van der Waals surface area contributed by atoms with Crippen LogP contribution in [0.5, 0.6) is 0 Å². The molecule has 1 heterocycles. The molecule has 1 fully saturated rings. The van der Waals surface area contributed by atoms with E-state index in [1.807, 2.05) is 44.2 Å². The lowest BCUT2D eigenvalue weighted by molar-refractivity contribution is -0.121. The van der Waals surface area contributed by atoms with Gasteiger partial charge < -0.3 is 0 Å². The number of sulfonamides is 1. The molecule has 0 bridgehead atoms. The minimum absolute atomic E-state index is 0.0381. The van der Waals surface area contributed by atoms with Crippen molar-refractivity contribution < 1.29 is 18.0 Å². The lowest BCUT2D eigenvalue weighted by Gasteiger charge is -2.29. The number of benzene rings is 2. The van der Waals surface area contributed by atoms with Crippen LogP contribution < -0.4 is 0 Å². The molecule has 3 aliphatic rings. The molecule has 0 N–H and O–H groups in total. The Balaban J connectivity index is 1.78. The van der Waals surface area contributed by atoms with E-state index in [1.165, 1.54) is 12.1 Å². The Hall–Kier alpha value is -3.25. The first-order valence-electron chi connectivity index (χ1n) is 11.1. The fourth-order valence-electron chi connectivity index (χ4n) is 5.31. The second-order valence-electron chi connectivity index (χ2n) is 9.05. The summed E-state index contributed by atoms with van der Waals surface area (Å²) in [6, 6.07) is 15.0. The number of Topliss-reactive ketones (excluding diaryl/α,β-unsaturated/α-hetero) is 1. The Kier molecular flexibility index (Phi) is 5.01. The van der Waals surface area contributed by atoms with E-state index in [-0.39, 0.29) is 23.0 Å². The number of hydrogen-bond acceptors (Lipinski definition) is 4. The maximum atomic E-state index is 13.8. The standard InChI is InChI=1S/C27H25NO4S/c1-16-9-12-20(13-10-16)33(31,32)28-26-21(18(3)27(28)30)14-11-17(2)22-15-23(29)24(25(22)26)19-7-5-4-6-8-19/h4-10,12-13,21,26H,3,11,14-15H2,1-2H3/t21-,26-/m0/s1. The maximum Gasteiger partial charge on any atom is 0.267 e. The van der Waals surface area contributed by atoms with Gasteiger partial charge in [-0.05, 0) is 55.5 Å². The summed E-state index contributed by atoms with van der Waals surface area (Å²) in [7, 11) is -4.15. The van der Waals surface area contributed by atoms with Crippen LogP contribution in [0.15, 0.2) is 88.4 Å². The van der Waals surface area contributed by atoms with Crippen molar-refractivity contribution in [3.05, 3.63) is 94.6 Å². The normalized spacial score (nSPS) is 23.2. The number of fused-ring (bicyclic) bond motifs is 3. The molecule has 33 heavy (non-hydrogen) atoms. The summed E-state index contributed by atoms with van der Waals surface area (Å²) >= 11 is 0. The van der Waals surface area contributed by atoms with Gasteiger partial charge in [-0.3, -0.25) is 9.59 Å². The molecule has 1 amide bonds. The van der Waals surface area contributed by atoms with Crippen LogP contribution in [0.25, 0.3) is 5.57 Å². The molecule has 2 aromatic rings. The molecule has 2 aromatic carbocycles. The van der Waals surface area contributed by atoms with E-state index < -0.39 is 22.0 Å². The van der Waals surface area contributed by atoms with Crippen LogP contribution in [0.3, 0.4) is 0 Å². The van der Waals surface area contributed by atoms with Crippen LogP contribution in [0.1, 0.15) is 37.3 Å². The summed E-state index contributed by atoms with van der Waals surface area (Å²) in [5.41, 5.74) is 5.12. The highest BCUT2D eigenvalue weighted by molar-refractivity contribution is 7.89. The van der Waals surface area contributed by atoms with Crippen molar-refractivity contribution in [3.8, 4) is 0 Å².